The van der Waals surface area contributed by atoms with Crippen LogP contribution in [0, 0.1) is 0 Å². The maximum Gasteiger partial charge on any atom is 0.329 e. The highest BCUT2D eigenvalue weighted by Crippen LogP contribution is 2.30. The van der Waals surface area contributed by atoms with E-state index in [0.717, 1.165) is 12.8 Å². The van der Waals surface area contributed by atoms with E-state index in [1.165, 1.54) is 0 Å². The van der Waals surface area contributed by atoms with Gasteiger partial charge in [-0.1, -0.05) is 25.0 Å². The lowest BCUT2D eigenvalue weighted by Crippen LogP contribution is -2.53. The molecule has 0 spiro atoms. The molecule has 2 rings (SSSR count). The van der Waals surface area contributed by atoms with E-state index in [1.807, 2.05) is 13.0 Å². The Kier molecular flexibility index (Phi) is 4.67. The number of hydrogen-bond acceptors (Lipinski definition) is 3. The molecule has 1 aliphatic carbocycles. The number of carbonyl (C=O) groups is 2. The monoisotopic (exact) mass is 292 g/mol. The zero-order valence-electron chi connectivity index (χ0n) is 12.0. The fraction of sp³-hybridized carbons (Fsp3) is 0.467. The number of para-hydroxylation sites is 2. The third-order valence-corrected chi connectivity index (χ3v) is 3.65. The highest BCUT2D eigenvalue weighted by Gasteiger charge is 2.42. The van der Waals surface area contributed by atoms with E-state index in [-0.39, 0.29) is 0 Å². The number of urea groups is 1. The molecule has 0 saturated heterocycles. The van der Waals surface area contributed by atoms with E-state index < -0.39 is 17.5 Å². The number of carbonyl (C=O) groups excluding carboxylic acids is 1. The average Bonchev–Trinajstić information content (AvgIpc) is 2.91. The predicted octanol–water partition coefficient (Wildman–Crippen LogP) is 2.60. The van der Waals surface area contributed by atoms with Crippen LogP contribution in [-0.4, -0.2) is 29.3 Å². The first-order valence-electron chi connectivity index (χ1n) is 7.12. The highest BCUT2D eigenvalue weighted by molar-refractivity contribution is 5.95. The summed E-state index contributed by atoms with van der Waals surface area (Å²) in [6.45, 7) is 2.34. The van der Waals surface area contributed by atoms with E-state index in [1.54, 1.807) is 18.2 Å². The number of ether oxygens (including phenoxy) is 1. The maximum absolute atomic E-state index is 12.1. The van der Waals surface area contributed by atoms with Crippen LogP contribution in [-0.2, 0) is 4.79 Å². The molecular weight excluding hydrogens is 272 g/mol. The first kappa shape index (κ1) is 15.2. The van der Waals surface area contributed by atoms with Crippen LogP contribution in [0.1, 0.15) is 32.6 Å². The first-order chi connectivity index (χ1) is 10.1. The number of nitrogens with one attached hydrogen (secondary N) is 2. The van der Waals surface area contributed by atoms with Crippen molar-refractivity contribution in [2.75, 3.05) is 11.9 Å². The van der Waals surface area contributed by atoms with Gasteiger partial charge in [0.1, 0.15) is 11.3 Å². The van der Waals surface area contributed by atoms with E-state index in [9.17, 15) is 14.7 Å². The molecule has 6 nitrogen and oxygen atoms in total. The Labute approximate surface area is 123 Å². The summed E-state index contributed by atoms with van der Waals surface area (Å²) in [5.74, 6) is -0.417. The highest BCUT2D eigenvalue weighted by atomic mass is 16.5. The van der Waals surface area contributed by atoms with E-state index in [4.69, 9.17) is 4.74 Å². The van der Waals surface area contributed by atoms with Gasteiger partial charge in [0, 0.05) is 0 Å². The quantitative estimate of drug-likeness (QED) is 0.778. The van der Waals surface area contributed by atoms with Gasteiger partial charge in [0.25, 0.3) is 0 Å². The van der Waals surface area contributed by atoms with Gasteiger partial charge >= 0.3 is 12.0 Å². The van der Waals surface area contributed by atoms with Gasteiger partial charge in [-0.2, -0.15) is 0 Å². The molecule has 1 saturated carbocycles. The standard InChI is InChI=1S/C15H20N2O4/c1-2-21-12-8-4-3-7-11(12)16-14(20)17-15(13(18)19)9-5-6-10-15/h3-4,7-8H,2,5-6,9-10H2,1H3,(H,18,19)(H2,16,17,20). The molecule has 0 bridgehead atoms. The van der Waals surface area contributed by atoms with Crippen molar-refractivity contribution >= 4 is 17.7 Å². The minimum Gasteiger partial charge on any atom is -0.492 e. The second kappa shape index (κ2) is 6.47. The predicted molar refractivity (Wildman–Crippen MR) is 78.6 cm³/mol. The molecule has 0 aromatic heterocycles. The van der Waals surface area contributed by atoms with Gasteiger partial charge in [-0.3, -0.25) is 0 Å². The Balaban J connectivity index is 2.06. The largest absolute Gasteiger partial charge is 0.492 e. The lowest BCUT2D eigenvalue weighted by atomic mass is 9.98. The van der Waals surface area contributed by atoms with Crippen LogP contribution >= 0.6 is 0 Å². The fourth-order valence-electron chi connectivity index (χ4n) is 2.59. The Morgan fingerprint density at radius 2 is 1.95 bits per heavy atom. The van der Waals surface area contributed by atoms with Crippen molar-refractivity contribution in [2.45, 2.75) is 38.1 Å². The van der Waals surface area contributed by atoms with Crippen LogP contribution in [0.2, 0.25) is 0 Å². The van der Waals surface area contributed by atoms with Crippen LogP contribution in [0.5, 0.6) is 5.75 Å². The number of amides is 2. The van der Waals surface area contributed by atoms with Crippen molar-refractivity contribution in [2.24, 2.45) is 0 Å². The van der Waals surface area contributed by atoms with Gasteiger partial charge in [0.2, 0.25) is 0 Å². The summed E-state index contributed by atoms with van der Waals surface area (Å²) in [5, 5.41) is 14.6. The minimum atomic E-state index is -1.15. The Bertz CT molecular complexity index is 524. The Morgan fingerprint density at radius 3 is 2.57 bits per heavy atom. The van der Waals surface area contributed by atoms with Gasteiger partial charge in [0.15, 0.2) is 0 Å². The van der Waals surface area contributed by atoms with E-state index in [0.29, 0.717) is 30.9 Å². The summed E-state index contributed by atoms with van der Waals surface area (Å²) >= 11 is 0. The molecule has 1 fully saturated rings. The lowest BCUT2D eigenvalue weighted by molar-refractivity contribution is -0.144. The molecule has 0 aliphatic heterocycles. The van der Waals surface area contributed by atoms with Crippen LogP contribution in [0.3, 0.4) is 0 Å². The zero-order chi connectivity index (χ0) is 15.3. The first-order valence-corrected chi connectivity index (χ1v) is 7.12. The molecule has 6 heteroatoms. The molecule has 0 atom stereocenters. The number of rotatable bonds is 5. The molecule has 1 aliphatic rings. The molecule has 2 amide bonds. The number of carboxylic acid groups (broad SMARTS) is 1. The summed E-state index contributed by atoms with van der Waals surface area (Å²) in [5.41, 5.74) is -0.625. The SMILES string of the molecule is CCOc1ccccc1NC(=O)NC1(C(=O)O)CCCC1. The Morgan fingerprint density at radius 1 is 1.29 bits per heavy atom. The van der Waals surface area contributed by atoms with Crippen molar-refractivity contribution < 1.29 is 19.4 Å². The molecule has 21 heavy (non-hydrogen) atoms. The topological polar surface area (TPSA) is 87.7 Å². The van der Waals surface area contributed by atoms with Crippen molar-refractivity contribution in [1.29, 1.82) is 0 Å². The number of hydrogen-bond donors (Lipinski definition) is 3. The number of carboxylic acids is 1. The molecule has 114 valence electrons. The smallest absolute Gasteiger partial charge is 0.329 e. The number of benzene rings is 1. The summed E-state index contributed by atoms with van der Waals surface area (Å²) < 4.78 is 5.42. The summed E-state index contributed by atoms with van der Waals surface area (Å²) in [7, 11) is 0. The van der Waals surface area contributed by atoms with Crippen LogP contribution in [0.15, 0.2) is 24.3 Å². The molecule has 0 radical (unpaired) electrons. The van der Waals surface area contributed by atoms with Gasteiger partial charge in [-0.25, -0.2) is 9.59 Å². The Hall–Kier alpha value is -2.24. The van der Waals surface area contributed by atoms with Crippen LogP contribution in [0.4, 0.5) is 10.5 Å². The van der Waals surface area contributed by atoms with Crippen LogP contribution < -0.4 is 15.4 Å². The third-order valence-electron chi connectivity index (χ3n) is 3.65. The van der Waals surface area contributed by atoms with Crippen molar-refractivity contribution in [3.8, 4) is 5.75 Å². The number of aliphatic carboxylic acids is 1. The summed E-state index contributed by atoms with van der Waals surface area (Å²) in [6.07, 6.45) is 2.54. The van der Waals surface area contributed by atoms with Crippen LogP contribution in [0.25, 0.3) is 0 Å². The molecule has 1 aromatic rings. The van der Waals surface area contributed by atoms with Gasteiger partial charge in [0.05, 0.1) is 12.3 Å². The second-order valence-corrected chi connectivity index (χ2v) is 5.10. The van der Waals surface area contributed by atoms with Crippen molar-refractivity contribution in [1.82, 2.24) is 5.32 Å². The second-order valence-electron chi connectivity index (χ2n) is 5.10. The van der Waals surface area contributed by atoms with Gasteiger partial charge < -0.3 is 20.5 Å². The molecule has 1 aromatic carbocycles. The minimum absolute atomic E-state index is 0.461. The van der Waals surface area contributed by atoms with Crippen molar-refractivity contribution in [3.63, 3.8) is 0 Å². The fourth-order valence-corrected chi connectivity index (χ4v) is 2.59. The third kappa shape index (κ3) is 3.45. The molecule has 0 unspecified atom stereocenters. The molecule has 3 N–H and O–H groups in total. The molecular formula is C15H20N2O4. The van der Waals surface area contributed by atoms with Crippen molar-refractivity contribution in [3.05, 3.63) is 24.3 Å². The average molecular weight is 292 g/mol. The molecule has 0 heterocycles. The van der Waals surface area contributed by atoms with E-state index >= 15 is 0 Å². The lowest BCUT2D eigenvalue weighted by Gasteiger charge is -2.25. The summed E-state index contributed by atoms with van der Waals surface area (Å²) in [6, 6.07) is 6.53. The van der Waals surface area contributed by atoms with Gasteiger partial charge in [-0.05, 0) is 31.9 Å². The normalized spacial score (nSPS) is 16.2. The maximum atomic E-state index is 12.1. The number of anilines is 1. The van der Waals surface area contributed by atoms with Gasteiger partial charge in [-0.15, -0.1) is 0 Å². The zero-order valence-corrected chi connectivity index (χ0v) is 12.0. The summed E-state index contributed by atoms with van der Waals surface area (Å²) in [4.78, 5) is 23.5. The van der Waals surface area contributed by atoms with E-state index in [2.05, 4.69) is 10.6 Å².